The molecule has 20 heavy (non-hydrogen) atoms. The van der Waals surface area contributed by atoms with Crippen molar-refractivity contribution >= 4 is 11.6 Å². The Morgan fingerprint density at radius 3 is 2.95 bits per heavy atom. The average molecular weight is 269 g/mol. The summed E-state index contributed by atoms with van der Waals surface area (Å²) in [5, 5.41) is 0. The van der Waals surface area contributed by atoms with Crippen LogP contribution in [0.2, 0.25) is 0 Å². The number of hydrogen-bond donors (Lipinski definition) is 0. The van der Waals surface area contributed by atoms with Crippen molar-refractivity contribution in [2.45, 2.75) is 32.1 Å². The van der Waals surface area contributed by atoms with E-state index in [9.17, 15) is 4.79 Å². The lowest BCUT2D eigenvalue weighted by molar-refractivity contribution is -0.134. The van der Waals surface area contributed by atoms with Gasteiger partial charge in [0, 0.05) is 37.3 Å². The molecule has 0 spiro atoms. The van der Waals surface area contributed by atoms with E-state index >= 15 is 0 Å². The van der Waals surface area contributed by atoms with Crippen molar-refractivity contribution in [3.05, 3.63) is 35.8 Å². The first-order valence-electron chi connectivity index (χ1n) is 7.56. The van der Waals surface area contributed by atoms with Crippen LogP contribution in [0.3, 0.4) is 0 Å². The van der Waals surface area contributed by atoms with Gasteiger partial charge in [-0.3, -0.25) is 4.79 Å². The smallest absolute Gasteiger partial charge is 0.226 e. The van der Waals surface area contributed by atoms with Gasteiger partial charge in [0.1, 0.15) is 5.65 Å². The Bertz CT molecular complexity index is 655. The molecule has 4 nitrogen and oxygen atoms in total. The Morgan fingerprint density at radius 1 is 1.25 bits per heavy atom. The van der Waals surface area contributed by atoms with Gasteiger partial charge in [-0.2, -0.15) is 0 Å². The molecule has 1 fully saturated rings. The van der Waals surface area contributed by atoms with Gasteiger partial charge in [-0.25, -0.2) is 4.98 Å². The Balaban J connectivity index is 1.63. The number of imidazole rings is 1. The Morgan fingerprint density at radius 2 is 2.10 bits per heavy atom. The molecule has 104 valence electrons. The maximum Gasteiger partial charge on any atom is 0.226 e. The zero-order valence-corrected chi connectivity index (χ0v) is 11.6. The third-order valence-electron chi connectivity index (χ3n) is 4.65. The highest BCUT2D eigenvalue weighted by atomic mass is 16.2. The fourth-order valence-electron chi connectivity index (χ4n) is 3.56. The van der Waals surface area contributed by atoms with Crippen molar-refractivity contribution in [1.82, 2.24) is 14.3 Å². The van der Waals surface area contributed by atoms with Crippen molar-refractivity contribution in [3.63, 3.8) is 0 Å². The fourth-order valence-corrected chi connectivity index (χ4v) is 3.56. The van der Waals surface area contributed by atoms with E-state index in [1.54, 1.807) is 0 Å². The van der Waals surface area contributed by atoms with Crippen LogP contribution in [0.15, 0.2) is 24.4 Å². The first-order chi connectivity index (χ1) is 9.83. The molecule has 0 aromatic carbocycles. The molecule has 4 rings (SSSR count). The number of nitrogens with zero attached hydrogens (tertiary/aromatic N) is 3. The molecule has 1 amide bonds. The van der Waals surface area contributed by atoms with Crippen molar-refractivity contribution in [3.8, 4) is 0 Å². The number of pyridine rings is 1. The molecule has 0 saturated carbocycles. The second kappa shape index (κ2) is 4.62. The van der Waals surface area contributed by atoms with E-state index < -0.39 is 0 Å². The Hall–Kier alpha value is -1.84. The minimum absolute atomic E-state index is 0.153. The molecule has 1 aliphatic heterocycles. The largest absolute Gasteiger partial charge is 0.342 e. The lowest BCUT2D eigenvalue weighted by Crippen LogP contribution is -2.36. The van der Waals surface area contributed by atoms with Gasteiger partial charge in [0.2, 0.25) is 5.91 Å². The van der Waals surface area contributed by atoms with Crippen molar-refractivity contribution in [1.29, 1.82) is 0 Å². The summed E-state index contributed by atoms with van der Waals surface area (Å²) in [7, 11) is 0. The summed E-state index contributed by atoms with van der Waals surface area (Å²) in [4.78, 5) is 19.3. The van der Waals surface area contributed by atoms with E-state index in [4.69, 9.17) is 0 Å². The first kappa shape index (κ1) is 11.9. The number of aromatic nitrogens is 2. The molecule has 3 heterocycles. The minimum Gasteiger partial charge on any atom is -0.342 e. The van der Waals surface area contributed by atoms with Crippen molar-refractivity contribution < 1.29 is 4.79 Å². The Kier molecular flexibility index (Phi) is 2.76. The summed E-state index contributed by atoms with van der Waals surface area (Å²) in [5.41, 5.74) is 3.43. The standard InChI is InChI=1S/C16H19N3O/c20-16(18-8-3-4-9-18)12-6-7-13-14(11-12)19-10-2-1-5-15(19)17-13/h1-2,5,10,12H,3-4,6-9,11H2. The van der Waals surface area contributed by atoms with Gasteiger partial charge < -0.3 is 9.30 Å². The summed E-state index contributed by atoms with van der Waals surface area (Å²) < 4.78 is 2.15. The molecule has 0 N–H and O–H groups in total. The number of amides is 1. The van der Waals surface area contributed by atoms with Gasteiger partial charge in [0.05, 0.1) is 5.69 Å². The normalized spacial score (nSPS) is 22.2. The SMILES string of the molecule is O=C(C1CCc2nc3ccccn3c2C1)N1CCCC1. The first-order valence-corrected chi connectivity index (χ1v) is 7.56. The fraction of sp³-hybridized carbons (Fsp3) is 0.500. The quantitative estimate of drug-likeness (QED) is 0.794. The van der Waals surface area contributed by atoms with Crippen LogP contribution in [-0.2, 0) is 17.6 Å². The lowest BCUT2D eigenvalue weighted by atomic mass is 9.88. The second-order valence-corrected chi connectivity index (χ2v) is 5.91. The number of likely N-dealkylation sites (tertiary alicyclic amines) is 1. The van der Waals surface area contributed by atoms with Crippen molar-refractivity contribution in [2.24, 2.45) is 5.92 Å². The third-order valence-corrected chi connectivity index (χ3v) is 4.65. The summed E-state index contributed by atoms with van der Waals surface area (Å²) in [6.45, 7) is 1.91. The number of rotatable bonds is 1. The number of carbonyl (C=O) groups excluding carboxylic acids is 1. The highest BCUT2D eigenvalue weighted by Crippen LogP contribution is 2.28. The predicted molar refractivity (Wildman–Crippen MR) is 76.5 cm³/mol. The average Bonchev–Trinajstić information content (AvgIpc) is 3.13. The zero-order chi connectivity index (χ0) is 13.5. The molecular weight excluding hydrogens is 250 g/mol. The number of aryl methyl sites for hydroxylation is 1. The third kappa shape index (κ3) is 1.82. The lowest BCUT2D eigenvalue weighted by Gasteiger charge is -2.26. The van der Waals surface area contributed by atoms with E-state index in [2.05, 4.69) is 20.5 Å². The Labute approximate surface area is 118 Å². The van der Waals surface area contributed by atoms with Gasteiger partial charge in [0.25, 0.3) is 0 Å². The van der Waals surface area contributed by atoms with Crippen LogP contribution in [0.25, 0.3) is 5.65 Å². The molecular formula is C16H19N3O. The van der Waals surface area contributed by atoms with E-state index in [1.807, 2.05) is 18.2 Å². The molecule has 1 aliphatic carbocycles. The highest BCUT2D eigenvalue weighted by Gasteiger charge is 2.31. The van der Waals surface area contributed by atoms with Crippen LogP contribution in [-0.4, -0.2) is 33.3 Å². The summed E-state index contributed by atoms with van der Waals surface area (Å²) >= 11 is 0. The van der Waals surface area contributed by atoms with Gasteiger partial charge >= 0.3 is 0 Å². The minimum atomic E-state index is 0.153. The molecule has 1 unspecified atom stereocenters. The summed E-state index contributed by atoms with van der Waals surface area (Å²) in [5.74, 6) is 0.514. The van der Waals surface area contributed by atoms with E-state index in [0.717, 1.165) is 38.0 Å². The van der Waals surface area contributed by atoms with Gasteiger partial charge in [0.15, 0.2) is 0 Å². The van der Waals surface area contributed by atoms with E-state index in [0.29, 0.717) is 5.91 Å². The molecule has 2 aromatic heterocycles. The molecule has 2 aliphatic rings. The molecule has 1 saturated heterocycles. The molecule has 4 heteroatoms. The second-order valence-electron chi connectivity index (χ2n) is 5.91. The number of hydrogen-bond acceptors (Lipinski definition) is 2. The van der Waals surface area contributed by atoms with Crippen LogP contribution < -0.4 is 0 Å². The predicted octanol–water partition coefficient (Wildman–Crippen LogP) is 2.06. The summed E-state index contributed by atoms with van der Waals surface area (Å²) in [6.07, 6.45) is 7.12. The topological polar surface area (TPSA) is 37.6 Å². The maximum absolute atomic E-state index is 12.6. The molecule has 1 atom stereocenters. The van der Waals surface area contributed by atoms with Crippen LogP contribution in [0.5, 0.6) is 0 Å². The van der Waals surface area contributed by atoms with Crippen LogP contribution in [0.4, 0.5) is 0 Å². The van der Waals surface area contributed by atoms with Crippen molar-refractivity contribution in [2.75, 3.05) is 13.1 Å². The molecule has 0 radical (unpaired) electrons. The van der Waals surface area contributed by atoms with Crippen LogP contribution in [0, 0.1) is 5.92 Å². The molecule has 0 bridgehead atoms. The van der Waals surface area contributed by atoms with E-state index in [1.165, 1.54) is 24.2 Å². The monoisotopic (exact) mass is 269 g/mol. The maximum atomic E-state index is 12.6. The molecule has 2 aromatic rings. The van der Waals surface area contributed by atoms with E-state index in [-0.39, 0.29) is 5.92 Å². The summed E-state index contributed by atoms with van der Waals surface area (Å²) in [6, 6.07) is 6.08. The van der Waals surface area contributed by atoms with Crippen LogP contribution >= 0.6 is 0 Å². The number of fused-ring (bicyclic) bond motifs is 3. The van der Waals surface area contributed by atoms with Gasteiger partial charge in [-0.1, -0.05) is 6.07 Å². The van der Waals surface area contributed by atoms with Crippen LogP contribution in [0.1, 0.15) is 30.7 Å². The number of carbonyl (C=O) groups is 1. The zero-order valence-electron chi connectivity index (χ0n) is 11.6. The van der Waals surface area contributed by atoms with Gasteiger partial charge in [-0.05, 0) is 37.8 Å². The highest BCUT2D eigenvalue weighted by molar-refractivity contribution is 5.79. The van der Waals surface area contributed by atoms with Gasteiger partial charge in [-0.15, -0.1) is 0 Å².